The highest BCUT2D eigenvalue weighted by Crippen LogP contribution is 2.28. The highest BCUT2D eigenvalue weighted by atomic mass is 79.9. The monoisotopic (exact) mass is 712 g/mol. The number of halogens is 2. The van der Waals surface area contributed by atoms with E-state index in [9.17, 15) is 10.2 Å². The highest BCUT2D eigenvalue weighted by molar-refractivity contribution is 9.24. The molecule has 0 bridgehead atoms. The minimum absolute atomic E-state index is 0.00684. The second-order valence-corrected chi connectivity index (χ2v) is 13.4. The highest BCUT2D eigenvalue weighted by Gasteiger charge is 2.42. The summed E-state index contributed by atoms with van der Waals surface area (Å²) in [6.07, 6.45) is -4.82. The van der Waals surface area contributed by atoms with E-state index in [1.165, 1.54) is 0 Å². The predicted molar refractivity (Wildman–Crippen MR) is 175 cm³/mol. The predicted octanol–water partition coefficient (Wildman–Crippen LogP) is 6.80. The molecule has 0 heterocycles. The van der Waals surface area contributed by atoms with E-state index < -0.39 is 34.3 Å². The summed E-state index contributed by atoms with van der Waals surface area (Å²) < 4.78 is 24.8. The normalized spacial score (nSPS) is 15.1. The van der Waals surface area contributed by atoms with Crippen LogP contribution in [0.5, 0.6) is 0 Å². The maximum absolute atomic E-state index is 11.6. The molecule has 1 unspecified atom stereocenters. The Kier molecular flexibility index (Phi) is 14.3. The van der Waals surface area contributed by atoms with Crippen LogP contribution >= 0.6 is 31.9 Å². The number of alkyl halides is 2. The molecule has 4 aromatic carbocycles. The molecule has 4 aromatic rings. The fraction of sp³-hybridized carbons (Fsp3) is 0.314. The molecule has 0 aromatic heterocycles. The quantitative estimate of drug-likeness (QED) is 0.111. The van der Waals surface area contributed by atoms with E-state index in [0.717, 1.165) is 22.3 Å². The Morgan fingerprint density at radius 2 is 0.814 bits per heavy atom. The maximum Gasteiger partial charge on any atom is 0.115 e. The lowest BCUT2D eigenvalue weighted by Gasteiger charge is -2.38. The lowest BCUT2D eigenvalue weighted by Crippen LogP contribution is -2.54. The molecule has 0 saturated carbocycles. The van der Waals surface area contributed by atoms with Crippen LogP contribution in [0.3, 0.4) is 0 Å². The molecule has 4 rings (SSSR count). The van der Waals surface area contributed by atoms with Crippen LogP contribution in [0.2, 0.25) is 0 Å². The fourth-order valence-electron chi connectivity index (χ4n) is 4.60. The molecule has 228 valence electrons. The van der Waals surface area contributed by atoms with Gasteiger partial charge in [0.1, 0.15) is 30.5 Å². The number of aliphatic hydroxyl groups is 2. The van der Waals surface area contributed by atoms with E-state index in [4.69, 9.17) is 18.9 Å². The van der Waals surface area contributed by atoms with Crippen molar-refractivity contribution in [1.82, 2.24) is 0 Å². The van der Waals surface area contributed by atoms with E-state index in [1.807, 2.05) is 121 Å². The van der Waals surface area contributed by atoms with Crippen LogP contribution in [0.15, 0.2) is 121 Å². The second-order valence-electron chi connectivity index (χ2n) is 10.2. The summed E-state index contributed by atoms with van der Waals surface area (Å²) in [7, 11) is 0. The zero-order valence-corrected chi connectivity index (χ0v) is 27.0. The van der Waals surface area contributed by atoms with Gasteiger partial charge in [-0.15, -0.1) is 0 Å². The van der Waals surface area contributed by atoms with Crippen molar-refractivity contribution < 1.29 is 29.2 Å². The first-order valence-electron chi connectivity index (χ1n) is 14.2. The van der Waals surface area contributed by atoms with Crippen molar-refractivity contribution >= 4 is 31.9 Å². The van der Waals surface area contributed by atoms with E-state index in [0.29, 0.717) is 6.61 Å². The third-order valence-electron chi connectivity index (χ3n) is 6.88. The Morgan fingerprint density at radius 3 is 1.21 bits per heavy atom. The van der Waals surface area contributed by atoms with Gasteiger partial charge in [0, 0.05) is 0 Å². The summed E-state index contributed by atoms with van der Waals surface area (Å²) in [6, 6.07) is 39.0. The Morgan fingerprint density at radius 1 is 0.465 bits per heavy atom. The second kappa shape index (κ2) is 18.4. The topological polar surface area (TPSA) is 77.4 Å². The van der Waals surface area contributed by atoms with Gasteiger partial charge in [-0.3, -0.25) is 0 Å². The van der Waals surface area contributed by atoms with Gasteiger partial charge in [-0.1, -0.05) is 153 Å². The minimum Gasteiger partial charge on any atom is -0.388 e. The molecule has 0 aliphatic carbocycles. The first-order chi connectivity index (χ1) is 21.0. The summed E-state index contributed by atoms with van der Waals surface area (Å²) in [5.41, 5.74) is 3.81. The Hall–Kier alpha value is -2.40. The molecule has 5 atom stereocenters. The van der Waals surface area contributed by atoms with Gasteiger partial charge in [0.2, 0.25) is 0 Å². The van der Waals surface area contributed by atoms with Gasteiger partial charge in [0.05, 0.1) is 36.8 Å². The van der Waals surface area contributed by atoms with Crippen molar-refractivity contribution in [2.24, 2.45) is 0 Å². The minimum atomic E-state index is -1.09. The van der Waals surface area contributed by atoms with Gasteiger partial charge in [-0.25, -0.2) is 0 Å². The lowest BCUT2D eigenvalue weighted by atomic mass is 9.98. The van der Waals surface area contributed by atoms with Crippen LogP contribution in [0, 0.1) is 0 Å². The maximum atomic E-state index is 11.6. The molecule has 0 spiro atoms. The number of ether oxygens (including phenoxy) is 4. The largest absolute Gasteiger partial charge is 0.388 e. The Bertz CT molecular complexity index is 1280. The van der Waals surface area contributed by atoms with Crippen LogP contribution < -0.4 is 0 Å². The molecule has 0 aliphatic heterocycles. The standard InChI is InChI=1S/C35H38Br2O6/c36-35(37)31(39)33(42-23-28-17-9-3-10-18-28)34(43-24-29-19-11-4-12-20-29)32(41-22-27-15-7-2-8-16-27)30(38)25-40-21-26-13-5-1-6-14-26/h1-20,30-35,38-39H,21-25H2/t30-,31?,32-,33+,34+/m1/s1. The van der Waals surface area contributed by atoms with Crippen LogP contribution in [0.25, 0.3) is 0 Å². The van der Waals surface area contributed by atoms with Gasteiger partial charge >= 0.3 is 0 Å². The van der Waals surface area contributed by atoms with E-state index in [2.05, 4.69) is 31.9 Å². The van der Waals surface area contributed by atoms with Gasteiger partial charge < -0.3 is 29.2 Å². The summed E-state index contributed by atoms with van der Waals surface area (Å²) in [6.45, 7) is 1.00. The lowest BCUT2D eigenvalue weighted by molar-refractivity contribution is -0.204. The first-order valence-corrected chi connectivity index (χ1v) is 16.1. The smallest absolute Gasteiger partial charge is 0.115 e. The molecule has 0 fully saturated rings. The fourth-order valence-corrected chi connectivity index (χ4v) is 5.20. The number of rotatable bonds is 18. The van der Waals surface area contributed by atoms with Gasteiger partial charge in [-0.05, 0) is 22.3 Å². The third kappa shape index (κ3) is 11.2. The number of hydrogen-bond donors (Lipinski definition) is 2. The SMILES string of the molecule is OC(C(Br)Br)[C@H](OCc1ccccc1)[C@@H](OCc1ccccc1)[C@H](OCc1ccccc1)[C@H](O)COCc1ccccc1. The summed E-state index contributed by atoms with van der Waals surface area (Å²) in [4.78, 5) is 0. The number of benzene rings is 4. The van der Waals surface area contributed by atoms with Gasteiger partial charge in [0.25, 0.3) is 0 Å². The summed E-state index contributed by atoms with van der Waals surface area (Å²) in [5, 5.41) is 23.0. The Balaban J connectivity index is 1.62. The summed E-state index contributed by atoms with van der Waals surface area (Å²) in [5.74, 6) is 0. The van der Waals surface area contributed by atoms with E-state index >= 15 is 0 Å². The number of hydrogen-bond acceptors (Lipinski definition) is 6. The number of aliphatic hydroxyl groups excluding tert-OH is 2. The molecule has 6 nitrogen and oxygen atoms in total. The van der Waals surface area contributed by atoms with Crippen LogP contribution in [0.1, 0.15) is 22.3 Å². The van der Waals surface area contributed by atoms with Crippen molar-refractivity contribution in [3.8, 4) is 0 Å². The molecule has 2 N–H and O–H groups in total. The van der Waals surface area contributed by atoms with Gasteiger partial charge in [-0.2, -0.15) is 0 Å². The van der Waals surface area contributed by atoms with Crippen molar-refractivity contribution in [2.75, 3.05) is 6.61 Å². The average molecular weight is 714 g/mol. The zero-order valence-electron chi connectivity index (χ0n) is 23.8. The molecular formula is C35H38Br2O6. The van der Waals surface area contributed by atoms with Gasteiger partial charge in [0.15, 0.2) is 0 Å². The van der Waals surface area contributed by atoms with Crippen molar-refractivity contribution in [1.29, 1.82) is 0 Å². The molecule has 0 amide bonds. The van der Waals surface area contributed by atoms with Crippen LogP contribution in [-0.2, 0) is 45.4 Å². The molecular weight excluding hydrogens is 676 g/mol. The average Bonchev–Trinajstić information content (AvgIpc) is 3.05. The van der Waals surface area contributed by atoms with Crippen molar-refractivity contribution in [3.63, 3.8) is 0 Å². The van der Waals surface area contributed by atoms with Crippen molar-refractivity contribution in [2.45, 2.75) is 60.7 Å². The first kappa shape index (κ1) is 33.5. The molecule has 43 heavy (non-hydrogen) atoms. The van der Waals surface area contributed by atoms with Crippen LogP contribution in [-0.4, -0.2) is 51.1 Å². The molecule has 0 saturated heterocycles. The molecule has 0 aliphatic rings. The molecule has 0 radical (unpaired) electrons. The van der Waals surface area contributed by atoms with Crippen molar-refractivity contribution in [3.05, 3.63) is 144 Å². The zero-order chi connectivity index (χ0) is 30.3. The summed E-state index contributed by atoms with van der Waals surface area (Å²) >= 11 is 6.93. The van der Waals surface area contributed by atoms with E-state index in [1.54, 1.807) is 0 Å². The van der Waals surface area contributed by atoms with E-state index in [-0.39, 0.29) is 26.4 Å². The Labute approximate surface area is 270 Å². The molecule has 8 heteroatoms. The third-order valence-corrected chi connectivity index (χ3v) is 7.96. The van der Waals surface area contributed by atoms with Crippen LogP contribution in [0.4, 0.5) is 0 Å².